The van der Waals surface area contributed by atoms with Gasteiger partial charge in [-0.25, -0.2) is 13.6 Å². The third-order valence-electron chi connectivity index (χ3n) is 4.71. The van der Waals surface area contributed by atoms with Crippen LogP contribution < -0.4 is 10.5 Å². The number of benzene rings is 1. The molecule has 2 saturated heterocycles. The molecule has 0 spiro atoms. The normalized spacial score (nSPS) is 28.7. The predicted octanol–water partition coefficient (Wildman–Crippen LogP) is 0.560. The highest BCUT2D eigenvalue weighted by atomic mass is 32.2. The van der Waals surface area contributed by atoms with Crippen molar-refractivity contribution in [1.82, 2.24) is 10.2 Å². The molecule has 2 fully saturated rings. The molecule has 0 saturated carbocycles. The molecule has 6 heteroatoms. The summed E-state index contributed by atoms with van der Waals surface area (Å²) < 4.78 is 22.4. The Morgan fingerprint density at radius 2 is 1.90 bits per heavy atom. The van der Waals surface area contributed by atoms with Gasteiger partial charge < -0.3 is 10.2 Å². The van der Waals surface area contributed by atoms with Crippen molar-refractivity contribution in [3.05, 3.63) is 29.8 Å². The lowest BCUT2D eigenvalue weighted by atomic mass is 9.94. The molecule has 0 aliphatic carbocycles. The summed E-state index contributed by atoms with van der Waals surface area (Å²) in [5.74, 6) is 0.809. The van der Waals surface area contributed by atoms with E-state index in [2.05, 4.69) is 10.2 Å². The van der Waals surface area contributed by atoms with Gasteiger partial charge in [-0.1, -0.05) is 12.1 Å². The van der Waals surface area contributed by atoms with Crippen LogP contribution in [0.2, 0.25) is 0 Å². The molecule has 2 bridgehead atoms. The Hall–Kier alpha value is -0.950. The van der Waals surface area contributed by atoms with Gasteiger partial charge in [0.05, 0.1) is 4.90 Å². The third kappa shape index (κ3) is 3.63. The molecule has 3 N–H and O–H groups in total. The van der Waals surface area contributed by atoms with E-state index in [1.54, 1.807) is 12.1 Å². The van der Waals surface area contributed by atoms with Crippen molar-refractivity contribution in [2.45, 2.75) is 30.2 Å². The fourth-order valence-corrected chi connectivity index (χ4v) is 3.98. The minimum atomic E-state index is -3.58. The van der Waals surface area contributed by atoms with Crippen LogP contribution in [0.3, 0.4) is 0 Å². The molecule has 3 atom stereocenters. The maximum Gasteiger partial charge on any atom is 0.238 e. The first-order chi connectivity index (χ1) is 10.0. The van der Waals surface area contributed by atoms with Crippen LogP contribution in [0.1, 0.15) is 18.4 Å². The Bertz CT molecular complexity index is 585. The predicted molar refractivity (Wildman–Crippen MR) is 82.5 cm³/mol. The number of nitrogens with zero attached hydrogens (tertiary/aromatic N) is 1. The molecule has 2 aliphatic rings. The van der Waals surface area contributed by atoms with E-state index in [1.165, 1.54) is 32.5 Å². The average molecular weight is 309 g/mol. The SMILES string of the molecule is NS(=O)(=O)c1ccc(CCNC2CCN3CCC2C3)cc1. The van der Waals surface area contributed by atoms with Gasteiger partial charge in [0.1, 0.15) is 0 Å². The molecular weight excluding hydrogens is 286 g/mol. The third-order valence-corrected chi connectivity index (χ3v) is 5.64. The van der Waals surface area contributed by atoms with Crippen LogP contribution in [0.25, 0.3) is 0 Å². The maximum absolute atomic E-state index is 11.2. The van der Waals surface area contributed by atoms with Crippen LogP contribution in [0.5, 0.6) is 0 Å². The van der Waals surface area contributed by atoms with E-state index in [9.17, 15) is 8.42 Å². The summed E-state index contributed by atoms with van der Waals surface area (Å²) in [7, 11) is -3.58. The second-order valence-corrected chi connectivity index (χ2v) is 7.70. The van der Waals surface area contributed by atoms with Crippen molar-refractivity contribution in [3.8, 4) is 0 Å². The van der Waals surface area contributed by atoms with Gasteiger partial charge in [-0.05, 0) is 62.5 Å². The van der Waals surface area contributed by atoms with Crippen molar-refractivity contribution in [2.24, 2.45) is 11.1 Å². The second kappa shape index (κ2) is 6.04. The Labute approximate surface area is 126 Å². The number of nitrogens with two attached hydrogens (primary N) is 1. The van der Waals surface area contributed by atoms with Gasteiger partial charge in [0.25, 0.3) is 0 Å². The van der Waals surface area contributed by atoms with Crippen molar-refractivity contribution in [3.63, 3.8) is 0 Å². The summed E-state index contributed by atoms with van der Waals surface area (Å²) >= 11 is 0. The molecule has 21 heavy (non-hydrogen) atoms. The molecule has 116 valence electrons. The molecule has 3 rings (SSSR count). The first-order valence-corrected chi connectivity index (χ1v) is 9.14. The lowest BCUT2D eigenvalue weighted by Gasteiger charge is -2.31. The summed E-state index contributed by atoms with van der Waals surface area (Å²) in [4.78, 5) is 2.73. The van der Waals surface area contributed by atoms with Crippen LogP contribution in [0.15, 0.2) is 29.2 Å². The smallest absolute Gasteiger partial charge is 0.238 e. The van der Waals surface area contributed by atoms with Crippen molar-refractivity contribution < 1.29 is 8.42 Å². The number of rotatable bonds is 5. The summed E-state index contributed by atoms with van der Waals surface area (Å²) in [6.07, 6.45) is 3.48. The van der Waals surface area contributed by atoms with Gasteiger partial charge in [-0.3, -0.25) is 0 Å². The fourth-order valence-electron chi connectivity index (χ4n) is 3.47. The van der Waals surface area contributed by atoms with E-state index in [4.69, 9.17) is 5.14 Å². The van der Waals surface area contributed by atoms with Gasteiger partial charge in [-0.15, -0.1) is 0 Å². The molecule has 5 nitrogen and oxygen atoms in total. The zero-order valence-electron chi connectivity index (χ0n) is 12.2. The van der Waals surface area contributed by atoms with Gasteiger partial charge in [0.15, 0.2) is 0 Å². The Morgan fingerprint density at radius 3 is 2.62 bits per heavy atom. The number of primary sulfonamides is 1. The Morgan fingerprint density at radius 1 is 1.19 bits per heavy atom. The van der Waals surface area contributed by atoms with E-state index in [0.29, 0.717) is 6.04 Å². The number of fused-ring (bicyclic) bond motifs is 2. The average Bonchev–Trinajstić information content (AvgIpc) is 2.83. The van der Waals surface area contributed by atoms with Gasteiger partial charge in [-0.2, -0.15) is 0 Å². The molecule has 2 heterocycles. The highest BCUT2D eigenvalue weighted by Gasteiger charge is 2.33. The summed E-state index contributed by atoms with van der Waals surface area (Å²) in [5, 5.41) is 8.77. The number of sulfonamides is 1. The molecule has 0 amide bonds. The Balaban J connectivity index is 1.49. The van der Waals surface area contributed by atoms with E-state index >= 15 is 0 Å². The fraction of sp³-hybridized carbons (Fsp3) is 0.600. The molecular formula is C15H23N3O2S. The summed E-state index contributed by atoms with van der Waals surface area (Å²) in [5.41, 5.74) is 1.14. The molecule has 1 aromatic rings. The van der Waals surface area contributed by atoms with Crippen LogP contribution >= 0.6 is 0 Å². The molecule has 0 radical (unpaired) electrons. The molecule has 0 aromatic heterocycles. The van der Waals surface area contributed by atoms with E-state index < -0.39 is 10.0 Å². The highest BCUT2D eigenvalue weighted by Crippen LogP contribution is 2.26. The topological polar surface area (TPSA) is 75.4 Å². The van der Waals surface area contributed by atoms with Crippen LogP contribution in [-0.2, 0) is 16.4 Å². The number of nitrogens with one attached hydrogen (secondary N) is 1. The lowest BCUT2D eigenvalue weighted by molar-refractivity contribution is 0.222. The van der Waals surface area contributed by atoms with Gasteiger partial charge in [0, 0.05) is 12.6 Å². The molecule has 2 aliphatic heterocycles. The zero-order valence-corrected chi connectivity index (χ0v) is 13.0. The molecule has 1 aromatic carbocycles. The number of piperidine rings is 1. The standard InChI is InChI=1S/C15H23N3O2S/c16-21(19,20)14-3-1-12(2-4-14)5-8-17-15-7-10-18-9-6-13(15)11-18/h1-4,13,15,17H,5-11H2,(H2,16,19,20). The van der Waals surface area contributed by atoms with Crippen LogP contribution in [0, 0.1) is 5.92 Å². The zero-order chi connectivity index (χ0) is 14.9. The van der Waals surface area contributed by atoms with E-state index in [0.717, 1.165) is 24.4 Å². The van der Waals surface area contributed by atoms with Gasteiger partial charge in [0.2, 0.25) is 10.0 Å². The van der Waals surface area contributed by atoms with Gasteiger partial charge >= 0.3 is 0 Å². The van der Waals surface area contributed by atoms with Crippen molar-refractivity contribution >= 4 is 10.0 Å². The number of hydrogen-bond acceptors (Lipinski definition) is 4. The first-order valence-electron chi connectivity index (χ1n) is 7.60. The molecule has 3 unspecified atom stereocenters. The van der Waals surface area contributed by atoms with Crippen molar-refractivity contribution in [2.75, 3.05) is 26.2 Å². The first kappa shape index (κ1) is 15.0. The largest absolute Gasteiger partial charge is 0.313 e. The Kier molecular flexibility index (Phi) is 4.31. The monoisotopic (exact) mass is 309 g/mol. The summed E-state index contributed by atoms with van der Waals surface area (Å²) in [6, 6.07) is 7.51. The van der Waals surface area contributed by atoms with E-state index in [1.807, 2.05) is 12.1 Å². The minimum Gasteiger partial charge on any atom is -0.313 e. The number of hydrogen-bond donors (Lipinski definition) is 2. The van der Waals surface area contributed by atoms with Crippen LogP contribution in [-0.4, -0.2) is 45.5 Å². The highest BCUT2D eigenvalue weighted by molar-refractivity contribution is 7.89. The van der Waals surface area contributed by atoms with Crippen molar-refractivity contribution in [1.29, 1.82) is 0 Å². The maximum atomic E-state index is 11.2. The minimum absolute atomic E-state index is 0.178. The van der Waals surface area contributed by atoms with Crippen LogP contribution in [0.4, 0.5) is 0 Å². The second-order valence-electron chi connectivity index (χ2n) is 6.14. The summed E-state index contributed by atoms with van der Waals surface area (Å²) in [6.45, 7) is 4.67. The quantitative estimate of drug-likeness (QED) is 0.833. The van der Waals surface area contributed by atoms with E-state index in [-0.39, 0.29) is 4.90 Å². The lowest BCUT2D eigenvalue weighted by Crippen LogP contribution is -2.44.